The Bertz CT molecular complexity index is 961. The summed E-state index contributed by atoms with van der Waals surface area (Å²) < 4.78 is 5.44. The number of pyridine rings is 1. The van der Waals surface area contributed by atoms with Crippen LogP contribution in [0.1, 0.15) is 40.8 Å². The predicted molar refractivity (Wildman–Crippen MR) is 104 cm³/mol. The third kappa shape index (κ3) is 3.30. The molecule has 1 aromatic carbocycles. The molecule has 5 nitrogen and oxygen atoms in total. The number of hydrogen-bond acceptors (Lipinski definition) is 5. The maximum atomic E-state index is 9.81. The van der Waals surface area contributed by atoms with Crippen LogP contribution in [0.2, 0.25) is 0 Å². The third-order valence-corrected chi connectivity index (χ3v) is 5.13. The van der Waals surface area contributed by atoms with Crippen LogP contribution in [-0.2, 0) is 11.2 Å². The SMILES string of the molecule is N#Cc1c(N2CCOCC2)nc2c(c1C#N)CCC/C2=C\c1ccccc1. The first-order valence-corrected chi connectivity index (χ1v) is 9.27. The van der Waals surface area contributed by atoms with Gasteiger partial charge in [0.05, 0.1) is 24.5 Å². The molecule has 1 aromatic heterocycles. The zero-order chi connectivity index (χ0) is 18.6. The summed E-state index contributed by atoms with van der Waals surface area (Å²) in [6, 6.07) is 14.7. The van der Waals surface area contributed by atoms with Gasteiger partial charge in [-0.3, -0.25) is 0 Å². The minimum atomic E-state index is 0.402. The third-order valence-electron chi connectivity index (χ3n) is 5.13. The van der Waals surface area contributed by atoms with Gasteiger partial charge in [0, 0.05) is 13.1 Å². The van der Waals surface area contributed by atoms with E-state index in [0.717, 1.165) is 41.7 Å². The van der Waals surface area contributed by atoms with E-state index in [9.17, 15) is 10.5 Å². The minimum Gasteiger partial charge on any atom is -0.378 e. The summed E-state index contributed by atoms with van der Waals surface area (Å²) in [4.78, 5) is 6.99. The summed E-state index contributed by atoms with van der Waals surface area (Å²) in [5, 5.41) is 19.6. The van der Waals surface area contributed by atoms with Crippen molar-refractivity contribution in [2.24, 2.45) is 0 Å². The number of hydrogen-bond donors (Lipinski definition) is 0. The number of aromatic nitrogens is 1. The second-order valence-corrected chi connectivity index (χ2v) is 6.77. The molecule has 5 heteroatoms. The van der Waals surface area contributed by atoms with Gasteiger partial charge >= 0.3 is 0 Å². The second-order valence-electron chi connectivity index (χ2n) is 6.77. The quantitative estimate of drug-likeness (QED) is 0.823. The molecular weight excluding hydrogens is 336 g/mol. The van der Waals surface area contributed by atoms with E-state index < -0.39 is 0 Å². The van der Waals surface area contributed by atoms with Crippen LogP contribution in [0.25, 0.3) is 11.6 Å². The molecule has 1 saturated heterocycles. The van der Waals surface area contributed by atoms with Gasteiger partial charge in [-0.1, -0.05) is 30.3 Å². The van der Waals surface area contributed by atoms with Gasteiger partial charge in [-0.05, 0) is 42.0 Å². The van der Waals surface area contributed by atoms with E-state index in [2.05, 4.69) is 35.2 Å². The maximum Gasteiger partial charge on any atom is 0.148 e. The molecule has 2 aromatic rings. The topological polar surface area (TPSA) is 72.9 Å². The van der Waals surface area contributed by atoms with Crippen LogP contribution in [0.3, 0.4) is 0 Å². The van der Waals surface area contributed by atoms with Crippen molar-refractivity contribution in [3.8, 4) is 12.1 Å². The molecule has 0 saturated carbocycles. The van der Waals surface area contributed by atoms with Gasteiger partial charge in [0.15, 0.2) is 0 Å². The molecule has 0 amide bonds. The highest BCUT2D eigenvalue weighted by Crippen LogP contribution is 2.37. The summed E-state index contributed by atoms with van der Waals surface area (Å²) in [7, 11) is 0. The molecule has 27 heavy (non-hydrogen) atoms. The van der Waals surface area contributed by atoms with Gasteiger partial charge in [0.2, 0.25) is 0 Å². The lowest BCUT2D eigenvalue weighted by Gasteiger charge is -2.30. The monoisotopic (exact) mass is 356 g/mol. The van der Waals surface area contributed by atoms with Crippen molar-refractivity contribution in [3.63, 3.8) is 0 Å². The summed E-state index contributed by atoms with van der Waals surface area (Å²) in [5.41, 5.74) is 4.94. The molecular formula is C22H20N4O. The Morgan fingerprint density at radius 1 is 1.00 bits per heavy atom. The van der Waals surface area contributed by atoms with Gasteiger partial charge in [-0.2, -0.15) is 10.5 Å². The van der Waals surface area contributed by atoms with Gasteiger partial charge < -0.3 is 9.64 Å². The number of rotatable bonds is 2. The van der Waals surface area contributed by atoms with Crippen molar-refractivity contribution < 1.29 is 4.74 Å². The first-order chi connectivity index (χ1) is 13.3. The van der Waals surface area contributed by atoms with Crippen molar-refractivity contribution in [3.05, 3.63) is 58.3 Å². The highest BCUT2D eigenvalue weighted by atomic mass is 16.5. The molecule has 0 spiro atoms. The van der Waals surface area contributed by atoms with E-state index in [-0.39, 0.29) is 0 Å². The van der Waals surface area contributed by atoms with Crippen molar-refractivity contribution in [2.75, 3.05) is 31.2 Å². The average Bonchev–Trinajstić information content (AvgIpc) is 2.74. The second kappa shape index (κ2) is 7.61. The number of nitriles is 2. The first-order valence-electron chi connectivity index (χ1n) is 9.27. The minimum absolute atomic E-state index is 0.402. The summed E-state index contributed by atoms with van der Waals surface area (Å²) >= 11 is 0. The number of ether oxygens (including phenoxy) is 1. The fraction of sp³-hybridized carbons (Fsp3) is 0.318. The van der Waals surface area contributed by atoms with Gasteiger partial charge in [0.25, 0.3) is 0 Å². The zero-order valence-corrected chi connectivity index (χ0v) is 15.1. The molecule has 134 valence electrons. The van der Waals surface area contributed by atoms with Crippen molar-refractivity contribution in [1.29, 1.82) is 10.5 Å². The van der Waals surface area contributed by atoms with E-state index in [1.54, 1.807) is 0 Å². The number of fused-ring (bicyclic) bond motifs is 1. The molecule has 2 aliphatic rings. The molecule has 0 N–H and O–H groups in total. The number of nitrogens with zero attached hydrogens (tertiary/aromatic N) is 4. The van der Waals surface area contributed by atoms with E-state index >= 15 is 0 Å². The Kier molecular flexibility index (Phi) is 4.87. The number of benzene rings is 1. The van der Waals surface area contributed by atoms with Gasteiger partial charge in [-0.25, -0.2) is 4.98 Å². The number of allylic oxidation sites excluding steroid dienone is 1. The van der Waals surface area contributed by atoms with Crippen LogP contribution < -0.4 is 4.90 Å². The van der Waals surface area contributed by atoms with Crippen LogP contribution in [0.15, 0.2) is 30.3 Å². The Hall–Kier alpha value is -3.15. The fourth-order valence-corrected chi connectivity index (χ4v) is 3.82. The van der Waals surface area contributed by atoms with Crippen molar-refractivity contribution in [2.45, 2.75) is 19.3 Å². The van der Waals surface area contributed by atoms with Crippen LogP contribution in [0.5, 0.6) is 0 Å². The largest absolute Gasteiger partial charge is 0.378 e. The first kappa shape index (κ1) is 17.3. The Labute approximate surface area is 159 Å². The molecule has 0 bridgehead atoms. The Balaban J connectivity index is 1.89. The fourth-order valence-electron chi connectivity index (χ4n) is 3.82. The number of anilines is 1. The molecule has 1 aliphatic heterocycles. The molecule has 1 aliphatic carbocycles. The van der Waals surface area contributed by atoms with Crippen molar-refractivity contribution in [1.82, 2.24) is 4.98 Å². The standard InChI is InChI=1S/C22H20N4O/c23-14-19-18-8-4-7-17(13-16-5-2-1-3-6-16)21(18)25-22(20(19)15-24)26-9-11-27-12-10-26/h1-3,5-6,13H,4,7-12H2/b17-13+. The normalized spacial score (nSPS) is 17.9. The van der Waals surface area contributed by atoms with Crippen molar-refractivity contribution >= 4 is 17.5 Å². The molecule has 0 atom stereocenters. The average molecular weight is 356 g/mol. The number of morpholine rings is 1. The summed E-state index contributed by atoms with van der Waals surface area (Å²) in [6.45, 7) is 2.59. The smallest absolute Gasteiger partial charge is 0.148 e. The molecule has 2 heterocycles. The van der Waals surface area contributed by atoms with Crippen LogP contribution in [0.4, 0.5) is 5.82 Å². The Morgan fingerprint density at radius 3 is 2.44 bits per heavy atom. The van der Waals surface area contributed by atoms with Crippen LogP contribution in [-0.4, -0.2) is 31.3 Å². The van der Waals surface area contributed by atoms with E-state index in [1.807, 2.05) is 18.2 Å². The summed E-state index contributed by atoms with van der Waals surface area (Å²) in [6.07, 6.45) is 4.83. The van der Waals surface area contributed by atoms with Gasteiger partial charge in [0.1, 0.15) is 23.5 Å². The van der Waals surface area contributed by atoms with E-state index in [0.29, 0.717) is 43.2 Å². The highest BCUT2D eigenvalue weighted by molar-refractivity contribution is 5.84. The Morgan fingerprint density at radius 2 is 1.74 bits per heavy atom. The van der Waals surface area contributed by atoms with Crippen LogP contribution in [0, 0.1) is 22.7 Å². The lowest BCUT2D eigenvalue weighted by molar-refractivity contribution is 0.122. The van der Waals surface area contributed by atoms with E-state index in [4.69, 9.17) is 9.72 Å². The maximum absolute atomic E-state index is 9.81. The molecule has 0 unspecified atom stereocenters. The molecule has 1 fully saturated rings. The zero-order valence-electron chi connectivity index (χ0n) is 15.1. The highest BCUT2D eigenvalue weighted by Gasteiger charge is 2.27. The summed E-state index contributed by atoms with van der Waals surface area (Å²) in [5.74, 6) is 0.622. The predicted octanol–water partition coefficient (Wildman–Crippen LogP) is 3.54. The lowest BCUT2D eigenvalue weighted by Crippen LogP contribution is -2.37. The molecule has 0 radical (unpaired) electrons. The molecule has 4 rings (SSSR count). The van der Waals surface area contributed by atoms with E-state index in [1.165, 1.54) is 0 Å². The lowest BCUT2D eigenvalue weighted by atomic mass is 9.86. The van der Waals surface area contributed by atoms with Crippen LogP contribution >= 0.6 is 0 Å². The van der Waals surface area contributed by atoms with Gasteiger partial charge in [-0.15, -0.1) is 0 Å².